The van der Waals surface area contributed by atoms with Gasteiger partial charge in [-0.15, -0.1) is 0 Å². The predicted octanol–water partition coefficient (Wildman–Crippen LogP) is 4.68. The fraction of sp³-hybridized carbons (Fsp3) is 0.346. The van der Waals surface area contributed by atoms with Crippen molar-refractivity contribution in [1.29, 1.82) is 0 Å². The van der Waals surface area contributed by atoms with E-state index in [1.807, 2.05) is 24.3 Å². The number of aliphatic hydroxyl groups excluding tert-OH is 1. The summed E-state index contributed by atoms with van der Waals surface area (Å²) < 4.78 is 10.4. The summed E-state index contributed by atoms with van der Waals surface area (Å²) >= 11 is 0. The summed E-state index contributed by atoms with van der Waals surface area (Å²) in [6.45, 7) is 5.77. The van der Waals surface area contributed by atoms with Crippen molar-refractivity contribution in [3.05, 3.63) is 77.9 Å². The molecule has 1 atom stereocenters. The highest BCUT2D eigenvalue weighted by Crippen LogP contribution is 2.13. The lowest BCUT2D eigenvalue weighted by Gasteiger charge is -2.11. The maximum absolute atomic E-state index is 11.0. The zero-order chi connectivity index (χ0) is 21.6. The lowest BCUT2D eigenvalue weighted by Crippen LogP contribution is -2.20. The third-order valence-electron chi connectivity index (χ3n) is 4.53. The molecule has 30 heavy (non-hydrogen) atoms. The van der Waals surface area contributed by atoms with Gasteiger partial charge in [-0.05, 0) is 54.8 Å². The van der Waals surface area contributed by atoms with Crippen LogP contribution in [0.1, 0.15) is 49.3 Å². The van der Waals surface area contributed by atoms with Gasteiger partial charge in [0.15, 0.2) is 0 Å². The summed E-state index contributed by atoms with van der Waals surface area (Å²) in [5, 5.41) is 9.76. The molecule has 0 radical (unpaired) electrons. The molecule has 0 amide bonds. The highest BCUT2D eigenvalue weighted by Gasteiger charge is 2.07. The van der Waals surface area contributed by atoms with Crippen LogP contribution in [0, 0.1) is 11.8 Å². The highest BCUT2D eigenvalue weighted by molar-refractivity contribution is 5.81. The molecule has 0 saturated carbocycles. The SMILES string of the molecule is C=CC(=O)OCC(O)CCOc1ccc(C#Cc2ccc(CCCCC)cc2)cc1. The quantitative estimate of drug-likeness (QED) is 0.255. The summed E-state index contributed by atoms with van der Waals surface area (Å²) in [4.78, 5) is 11.0. The highest BCUT2D eigenvalue weighted by atomic mass is 16.5. The van der Waals surface area contributed by atoms with Gasteiger partial charge < -0.3 is 14.6 Å². The van der Waals surface area contributed by atoms with Crippen molar-refractivity contribution < 1.29 is 19.4 Å². The lowest BCUT2D eigenvalue weighted by atomic mass is 10.1. The molecule has 0 saturated heterocycles. The molecule has 158 valence electrons. The minimum Gasteiger partial charge on any atom is -0.493 e. The maximum Gasteiger partial charge on any atom is 0.330 e. The third kappa shape index (κ3) is 8.98. The molecule has 2 aromatic rings. The van der Waals surface area contributed by atoms with Gasteiger partial charge in [0.05, 0.1) is 12.7 Å². The van der Waals surface area contributed by atoms with Crippen LogP contribution in [0.25, 0.3) is 0 Å². The molecule has 0 aliphatic heterocycles. The first-order chi connectivity index (χ1) is 14.6. The summed E-state index contributed by atoms with van der Waals surface area (Å²) in [7, 11) is 0. The average molecular weight is 407 g/mol. The number of hydrogen-bond acceptors (Lipinski definition) is 4. The number of benzene rings is 2. The zero-order valence-corrected chi connectivity index (χ0v) is 17.6. The van der Waals surface area contributed by atoms with Crippen molar-refractivity contribution in [2.75, 3.05) is 13.2 Å². The molecule has 2 rings (SSSR count). The van der Waals surface area contributed by atoms with Gasteiger partial charge >= 0.3 is 5.97 Å². The van der Waals surface area contributed by atoms with E-state index in [1.165, 1.54) is 24.8 Å². The van der Waals surface area contributed by atoms with Gasteiger partial charge in [-0.25, -0.2) is 4.79 Å². The van der Waals surface area contributed by atoms with Gasteiger partial charge in [0.1, 0.15) is 12.4 Å². The van der Waals surface area contributed by atoms with E-state index in [9.17, 15) is 9.90 Å². The van der Waals surface area contributed by atoms with Gasteiger partial charge in [-0.3, -0.25) is 0 Å². The summed E-state index contributed by atoms with van der Waals surface area (Å²) in [6, 6.07) is 16.0. The van der Waals surface area contributed by atoms with E-state index in [1.54, 1.807) is 0 Å². The number of unbranched alkanes of at least 4 members (excludes halogenated alkanes) is 2. The van der Waals surface area contributed by atoms with Crippen LogP contribution in [0.2, 0.25) is 0 Å². The van der Waals surface area contributed by atoms with E-state index in [4.69, 9.17) is 9.47 Å². The van der Waals surface area contributed by atoms with Crippen LogP contribution in [0.3, 0.4) is 0 Å². The number of carbonyl (C=O) groups is 1. The Balaban J connectivity index is 1.77. The zero-order valence-electron chi connectivity index (χ0n) is 17.6. The molecule has 0 heterocycles. The Morgan fingerprint density at radius 3 is 2.30 bits per heavy atom. The fourth-order valence-electron chi connectivity index (χ4n) is 2.75. The third-order valence-corrected chi connectivity index (χ3v) is 4.53. The van der Waals surface area contributed by atoms with Crippen LogP contribution in [0.5, 0.6) is 5.75 Å². The number of carbonyl (C=O) groups excluding carboxylic acids is 1. The second kappa shape index (κ2) is 13.2. The Hall–Kier alpha value is -3.03. The van der Waals surface area contributed by atoms with Gasteiger partial charge in [-0.2, -0.15) is 0 Å². The Kier molecular flexibility index (Phi) is 10.3. The van der Waals surface area contributed by atoms with E-state index < -0.39 is 12.1 Å². The van der Waals surface area contributed by atoms with Crippen molar-refractivity contribution in [3.8, 4) is 17.6 Å². The maximum atomic E-state index is 11.0. The number of aliphatic hydroxyl groups is 1. The molecule has 0 aliphatic rings. The van der Waals surface area contributed by atoms with Crippen LogP contribution in [-0.2, 0) is 16.0 Å². The Morgan fingerprint density at radius 1 is 1.07 bits per heavy atom. The normalized spacial score (nSPS) is 11.1. The summed E-state index contributed by atoms with van der Waals surface area (Å²) in [5.41, 5.74) is 3.27. The van der Waals surface area contributed by atoms with Crippen LogP contribution >= 0.6 is 0 Å². The number of hydrogen-bond donors (Lipinski definition) is 1. The van der Waals surface area contributed by atoms with Crippen molar-refractivity contribution in [2.24, 2.45) is 0 Å². The molecular weight excluding hydrogens is 376 g/mol. The molecule has 1 unspecified atom stereocenters. The van der Waals surface area contributed by atoms with E-state index in [0.717, 1.165) is 23.6 Å². The number of rotatable bonds is 11. The van der Waals surface area contributed by atoms with Gasteiger partial charge in [0.25, 0.3) is 0 Å². The Morgan fingerprint density at radius 2 is 1.70 bits per heavy atom. The van der Waals surface area contributed by atoms with Gasteiger partial charge in [0, 0.05) is 23.6 Å². The van der Waals surface area contributed by atoms with Crippen LogP contribution in [-0.4, -0.2) is 30.4 Å². The molecule has 2 aromatic carbocycles. The first kappa shape index (κ1) is 23.3. The van der Waals surface area contributed by atoms with Crippen LogP contribution in [0.15, 0.2) is 61.2 Å². The standard InChI is InChI=1S/C26H30O4/c1-3-5-6-7-21-8-10-22(11-9-21)12-13-23-14-16-25(17-15-23)29-19-18-24(27)20-30-26(28)4-2/h4,8-11,14-17,24,27H,2-3,5-7,18-20H2,1H3. The molecule has 4 heteroatoms. The summed E-state index contributed by atoms with van der Waals surface area (Å²) in [5.74, 6) is 6.51. The van der Waals surface area contributed by atoms with E-state index in [2.05, 4.69) is 49.6 Å². The lowest BCUT2D eigenvalue weighted by molar-refractivity contribution is -0.140. The van der Waals surface area contributed by atoms with Crippen molar-refractivity contribution in [1.82, 2.24) is 0 Å². The number of aryl methyl sites for hydroxylation is 1. The largest absolute Gasteiger partial charge is 0.493 e. The predicted molar refractivity (Wildman–Crippen MR) is 119 cm³/mol. The molecule has 0 fully saturated rings. The Bertz CT molecular complexity index is 841. The molecule has 0 spiro atoms. The van der Waals surface area contributed by atoms with Crippen molar-refractivity contribution in [3.63, 3.8) is 0 Å². The molecular formula is C26H30O4. The number of ether oxygens (including phenoxy) is 2. The smallest absolute Gasteiger partial charge is 0.330 e. The van der Waals surface area contributed by atoms with E-state index in [0.29, 0.717) is 18.8 Å². The van der Waals surface area contributed by atoms with Crippen molar-refractivity contribution >= 4 is 5.97 Å². The first-order valence-corrected chi connectivity index (χ1v) is 10.4. The fourth-order valence-corrected chi connectivity index (χ4v) is 2.75. The van der Waals surface area contributed by atoms with E-state index >= 15 is 0 Å². The second-order valence-electron chi connectivity index (χ2n) is 7.05. The summed E-state index contributed by atoms with van der Waals surface area (Å²) in [6.07, 6.45) is 5.53. The minimum atomic E-state index is -0.767. The van der Waals surface area contributed by atoms with Crippen LogP contribution < -0.4 is 4.74 Å². The number of esters is 1. The Labute approximate surface area is 179 Å². The average Bonchev–Trinajstić information content (AvgIpc) is 2.78. The van der Waals surface area contributed by atoms with Crippen molar-refractivity contribution in [2.45, 2.75) is 45.1 Å². The minimum absolute atomic E-state index is 0.0670. The molecule has 0 aliphatic carbocycles. The molecule has 0 bridgehead atoms. The molecule has 0 aromatic heterocycles. The van der Waals surface area contributed by atoms with E-state index in [-0.39, 0.29) is 6.61 Å². The first-order valence-electron chi connectivity index (χ1n) is 10.4. The monoisotopic (exact) mass is 406 g/mol. The second-order valence-corrected chi connectivity index (χ2v) is 7.05. The van der Waals surface area contributed by atoms with Gasteiger partial charge in [-0.1, -0.05) is 50.3 Å². The molecule has 4 nitrogen and oxygen atoms in total. The van der Waals surface area contributed by atoms with Gasteiger partial charge in [0.2, 0.25) is 0 Å². The molecule has 1 N–H and O–H groups in total. The topological polar surface area (TPSA) is 55.8 Å². The van der Waals surface area contributed by atoms with Crippen LogP contribution in [0.4, 0.5) is 0 Å².